The number of amides is 2. The first kappa shape index (κ1) is 22.4. The van der Waals surface area contributed by atoms with E-state index in [0.29, 0.717) is 18.3 Å². The van der Waals surface area contributed by atoms with Crippen LogP contribution in [0.5, 0.6) is 5.75 Å². The minimum Gasteiger partial charge on any atom is -0.496 e. The summed E-state index contributed by atoms with van der Waals surface area (Å²) in [7, 11) is 1.61. The molecule has 8 nitrogen and oxygen atoms in total. The molecule has 0 spiro atoms. The maximum absolute atomic E-state index is 13.5. The molecule has 34 heavy (non-hydrogen) atoms. The molecule has 2 aliphatic heterocycles. The number of ether oxygens (including phenoxy) is 1. The zero-order valence-corrected chi connectivity index (χ0v) is 19.5. The summed E-state index contributed by atoms with van der Waals surface area (Å²) in [5.41, 5.74) is 7.77. The molecule has 2 unspecified atom stereocenters. The van der Waals surface area contributed by atoms with Crippen molar-refractivity contribution >= 4 is 45.2 Å². The van der Waals surface area contributed by atoms with Crippen molar-refractivity contribution in [3.8, 4) is 5.75 Å². The van der Waals surface area contributed by atoms with Crippen LogP contribution in [0, 0.1) is 5.92 Å². The van der Waals surface area contributed by atoms with Gasteiger partial charge in [-0.2, -0.15) is 0 Å². The van der Waals surface area contributed by atoms with Crippen molar-refractivity contribution in [3.63, 3.8) is 0 Å². The second-order valence-electron chi connectivity index (χ2n) is 8.04. The number of carbonyl (C=O) groups excluding carboxylic acids is 2. The van der Waals surface area contributed by atoms with E-state index < -0.39 is 0 Å². The number of anilines is 1. The maximum Gasteiger partial charge on any atom is 0.241 e. The van der Waals surface area contributed by atoms with Gasteiger partial charge in [0.1, 0.15) is 11.9 Å². The van der Waals surface area contributed by atoms with Gasteiger partial charge < -0.3 is 10.1 Å². The molecule has 9 heteroatoms. The summed E-state index contributed by atoms with van der Waals surface area (Å²) in [5, 5.41) is 5.44. The highest BCUT2D eigenvalue weighted by atomic mass is 32.2. The van der Waals surface area contributed by atoms with Gasteiger partial charge in [-0.3, -0.25) is 19.9 Å². The molecule has 0 saturated carbocycles. The van der Waals surface area contributed by atoms with Gasteiger partial charge in [0.15, 0.2) is 5.17 Å². The zero-order valence-electron chi connectivity index (χ0n) is 18.7. The lowest BCUT2D eigenvalue weighted by Gasteiger charge is -2.33. The first-order valence-electron chi connectivity index (χ1n) is 11.0. The number of benzene rings is 3. The van der Waals surface area contributed by atoms with Crippen molar-refractivity contribution in [2.75, 3.05) is 24.3 Å². The smallest absolute Gasteiger partial charge is 0.241 e. The number of carbonyl (C=O) groups is 2. The predicted molar refractivity (Wildman–Crippen MR) is 135 cm³/mol. The molecule has 1 fully saturated rings. The van der Waals surface area contributed by atoms with Crippen LogP contribution in [0.25, 0.3) is 10.8 Å². The molecular weight excluding hydrogens is 450 g/mol. The fraction of sp³-hybridized carbons (Fsp3) is 0.240. The lowest BCUT2D eigenvalue weighted by Crippen LogP contribution is -2.49. The minimum absolute atomic E-state index is 0.0363. The summed E-state index contributed by atoms with van der Waals surface area (Å²) in [6, 6.07) is 21.4. The van der Waals surface area contributed by atoms with Crippen LogP contribution in [0.2, 0.25) is 0 Å². The number of thioether (sulfide) groups is 1. The molecule has 0 radical (unpaired) electrons. The Kier molecular flexibility index (Phi) is 6.48. The van der Waals surface area contributed by atoms with Crippen LogP contribution in [0.3, 0.4) is 0 Å². The van der Waals surface area contributed by atoms with Gasteiger partial charge in [-0.25, -0.2) is 10.4 Å². The van der Waals surface area contributed by atoms with E-state index in [1.54, 1.807) is 12.0 Å². The highest BCUT2D eigenvalue weighted by Crippen LogP contribution is 2.34. The summed E-state index contributed by atoms with van der Waals surface area (Å²) in [5.74, 6) is 0.371. The second-order valence-corrected chi connectivity index (χ2v) is 8.98. The van der Waals surface area contributed by atoms with Gasteiger partial charge in [-0.05, 0) is 17.5 Å². The monoisotopic (exact) mass is 475 g/mol. The van der Waals surface area contributed by atoms with E-state index >= 15 is 0 Å². The van der Waals surface area contributed by atoms with E-state index in [2.05, 4.69) is 16.2 Å². The van der Waals surface area contributed by atoms with E-state index in [9.17, 15) is 9.59 Å². The molecule has 0 bridgehead atoms. The molecule has 2 heterocycles. The molecule has 2 aliphatic rings. The molecule has 3 N–H and O–H groups in total. The third-order valence-corrected chi connectivity index (χ3v) is 6.89. The highest BCUT2D eigenvalue weighted by molar-refractivity contribution is 8.14. The van der Waals surface area contributed by atoms with Crippen molar-refractivity contribution < 1.29 is 14.3 Å². The fourth-order valence-electron chi connectivity index (χ4n) is 4.22. The lowest BCUT2D eigenvalue weighted by atomic mass is 10.0. The van der Waals surface area contributed by atoms with Crippen LogP contribution in [0.4, 0.5) is 5.69 Å². The second kappa shape index (κ2) is 9.84. The maximum atomic E-state index is 13.5. The first-order valence-corrected chi connectivity index (χ1v) is 12.0. The molecule has 1 saturated heterocycles. The van der Waals surface area contributed by atoms with Gasteiger partial charge in [-0.1, -0.05) is 66.4 Å². The molecule has 174 valence electrons. The van der Waals surface area contributed by atoms with Crippen LogP contribution in [0.1, 0.15) is 5.56 Å². The number of nitrogens with one attached hydrogen (secondary N) is 3. The number of rotatable bonds is 6. The molecule has 0 aromatic heterocycles. The van der Waals surface area contributed by atoms with Crippen molar-refractivity contribution in [1.82, 2.24) is 16.2 Å². The van der Waals surface area contributed by atoms with E-state index in [1.807, 2.05) is 66.7 Å². The Hall–Kier alpha value is -3.40. The Bertz CT molecular complexity index is 1260. The third kappa shape index (κ3) is 4.37. The zero-order chi connectivity index (χ0) is 23.5. The van der Waals surface area contributed by atoms with Crippen LogP contribution in [0.15, 0.2) is 71.7 Å². The number of amidine groups is 1. The van der Waals surface area contributed by atoms with Crippen LogP contribution >= 0.6 is 11.8 Å². The molecule has 3 aromatic rings. The van der Waals surface area contributed by atoms with Crippen molar-refractivity contribution in [2.45, 2.75) is 12.7 Å². The van der Waals surface area contributed by atoms with E-state index in [0.717, 1.165) is 27.8 Å². The number of fused-ring (bicyclic) bond motifs is 2. The summed E-state index contributed by atoms with van der Waals surface area (Å²) in [4.78, 5) is 32.6. The van der Waals surface area contributed by atoms with E-state index in [-0.39, 0.29) is 29.7 Å². The first-order chi connectivity index (χ1) is 16.7. The molecule has 3 aromatic carbocycles. The van der Waals surface area contributed by atoms with Crippen LogP contribution < -0.4 is 25.8 Å². The Morgan fingerprint density at radius 1 is 1.15 bits per heavy atom. The number of aliphatic imine (C=N–C) groups is 1. The van der Waals surface area contributed by atoms with E-state index in [4.69, 9.17) is 9.73 Å². The average molecular weight is 476 g/mol. The standard InChI is InChI=1S/C25H25N5O3S/c1-33-21-12-5-3-8-17(21)13-26-22(31)15-34-25-28-23-19(14-27-29-23)24(32)30(25)20-11-6-9-16-7-2-4-10-18(16)20/h2-12,19,23,27,29H,13-15H2,1H3,(H,26,31). The fourth-order valence-corrected chi connectivity index (χ4v) is 5.09. The average Bonchev–Trinajstić information content (AvgIpc) is 3.35. The summed E-state index contributed by atoms with van der Waals surface area (Å²) in [6.07, 6.45) is -0.349. The van der Waals surface area contributed by atoms with Crippen molar-refractivity contribution in [2.24, 2.45) is 10.9 Å². The van der Waals surface area contributed by atoms with Crippen molar-refractivity contribution in [1.29, 1.82) is 0 Å². The number of hydrogen-bond donors (Lipinski definition) is 3. The number of para-hydroxylation sites is 1. The Morgan fingerprint density at radius 3 is 2.82 bits per heavy atom. The molecule has 0 aliphatic carbocycles. The quantitative estimate of drug-likeness (QED) is 0.508. The van der Waals surface area contributed by atoms with Gasteiger partial charge >= 0.3 is 0 Å². The van der Waals surface area contributed by atoms with Gasteiger partial charge in [0.25, 0.3) is 0 Å². The molecule has 2 atom stereocenters. The summed E-state index contributed by atoms with van der Waals surface area (Å²) >= 11 is 1.26. The Labute approximate surface area is 201 Å². The predicted octanol–water partition coefficient (Wildman–Crippen LogP) is 2.65. The number of methoxy groups -OCH3 is 1. The van der Waals surface area contributed by atoms with Crippen LogP contribution in [-0.2, 0) is 16.1 Å². The molecule has 5 rings (SSSR count). The van der Waals surface area contributed by atoms with Crippen LogP contribution in [-0.4, -0.2) is 42.6 Å². The van der Waals surface area contributed by atoms with E-state index in [1.165, 1.54) is 11.8 Å². The minimum atomic E-state index is -0.349. The number of hydrazine groups is 1. The molecular formula is C25H25N5O3S. The van der Waals surface area contributed by atoms with Gasteiger partial charge in [0, 0.05) is 24.0 Å². The SMILES string of the molecule is COc1ccccc1CNC(=O)CSC1=NC2NNCC2C(=O)N1c1cccc2ccccc12. The molecule has 2 amide bonds. The van der Waals surface area contributed by atoms with Gasteiger partial charge in [0.2, 0.25) is 11.8 Å². The van der Waals surface area contributed by atoms with Crippen molar-refractivity contribution in [3.05, 3.63) is 72.3 Å². The Balaban J connectivity index is 1.36. The number of nitrogens with zero attached hydrogens (tertiary/aromatic N) is 2. The normalized spacial score (nSPS) is 19.6. The highest BCUT2D eigenvalue weighted by Gasteiger charge is 2.42. The summed E-state index contributed by atoms with van der Waals surface area (Å²) < 4.78 is 5.35. The Morgan fingerprint density at radius 2 is 1.94 bits per heavy atom. The van der Waals surface area contributed by atoms with Gasteiger partial charge in [-0.15, -0.1) is 0 Å². The number of hydrogen-bond acceptors (Lipinski definition) is 7. The third-order valence-electron chi connectivity index (χ3n) is 5.94. The topological polar surface area (TPSA) is 95.1 Å². The summed E-state index contributed by atoms with van der Waals surface area (Å²) in [6.45, 7) is 0.865. The lowest BCUT2D eigenvalue weighted by molar-refractivity contribution is -0.121. The van der Waals surface area contributed by atoms with Gasteiger partial charge in [0.05, 0.1) is 24.5 Å². The largest absolute Gasteiger partial charge is 0.496 e.